The van der Waals surface area contributed by atoms with Crippen molar-refractivity contribution in [2.45, 2.75) is 25.1 Å². The summed E-state index contributed by atoms with van der Waals surface area (Å²) in [5.74, 6) is 1.85. The number of nitrogen functional groups attached to an aromatic ring is 1. The number of rotatable bonds is 2. The van der Waals surface area contributed by atoms with Gasteiger partial charge in [-0.1, -0.05) is 0 Å². The lowest BCUT2D eigenvalue weighted by molar-refractivity contribution is -0.137. The number of nitrogens with two attached hydrogens (primary N) is 1. The highest BCUT2D eigenvalue weighted by Gasteiger charge is 2.32. The summed E-state index contributed by atoms with van der Waals surface area (Å²) in [6.45, 7) is 0. The molecule has 1 aromatic carbocycles. The van der Waals surface area contributed by atoms with Crippen molar-refractivity contribution in [2.75, 3.05) is 17.2 Å². The van der Waals surface area contributed by atoms with Gasteiger partial charge in [-0.05, 0) is 48.5 Å². The maximum atomic E-state index is 12.7. The average molecular weight is 291 g/mol. The van der Waals surface area contributed by atoms with Gasteiger partial charge >= 0.3 is 6.18 Å². The van der Waals surface area contributed by atoms with Crippen LogP contribution < -0.4 is 5.73 Å². The number of alkyl halides is 3. The highest BCUT2D eigenvalue weighted by molar-refractivity contribution is 7.99. The van der Waals surface area contributed by atoms with Gasteiger partial charge < -0.3 is 10.8 Å². The monoisotopic (exact) mass is 291 g/mol. The average Bonchev–Trinajstić information content (AvgIpc) is 2.38. The van der Waals surface area contributed by atoms with Crippen molar-refractivity contribution in [1.29, 1.82) is 0 Å². The number of halogens is 3. The van der Waals surface area contributed by atoms with Gasteiger partial charge in [0.1, 0.15) is 0 Å². The van der Waals surface area contributed by atoms with Crippen molar-refractivity contribution < 1.29 is 18.3 Å². The van der Waals surface area contributed by atoms with Crippen molar-refractivity contribution in [2.24, 2.45) is 5.92 Å². The van der Waals surface area contributed by atoms with E-state index in [-0.39, 0.29) is 17.2 Å². The Bertz CT molecular complexity index is 444. The van der Waals surface area contributed by atoms with Gasteiger partial charge in [-0.15, -0.1) is 0 Å². The van der Waals surface area contributed by atoms with Crippen LogP contribution in [-0.2, 0) is 6.18 Å². The minimum absolute atomic E-state index is 0.00738. The second-order valence-electron chi connectivity index (χ2n) is 4.74. The molecule has 0 spiro atoms. The molecule has 6 heteroatoms. The van der Waals surface area contributed by atoms with Crippen LogP contribution in [0, 0.1) is 5.92 Å². The van der Waals surface area contributed by atoms with Crippen LogP contribution in [0.1, 0.15) is 30.1 Å². The van der Waals surface area contributed by atoms with Crippen LogP contribution in [0.3, 0.4) is 0 Å². The Morgan fingerprint density at radius 3 is 2.47 bits per heavy atom. The van der Waals surface area contributed by atoms with Crippen molar-refractivity contribution in [3.63, 3.8) is 0 Å². The largest absolute Gasteiger partial charge is 0.416 e. The predicted molar refractivity (Wildman–Crippen MR) is 70.9 cm³/mol. The van der Waals surface area contributed by atoms with E-state index in [0.717, 1.165) is 36.5 Å². The Balaban J connectivity index is 2.27. The fourth-order valence-corrected chi connectivity index (χ4v) is 3.44. The van der Waals surface area contributed by atoms with Crippen LogP contribution in [0.2, 0.25) is 0 Å². The maximum Gasteiger partial charge on any atom is 0.416 e. The summed E-state index contributed by atoms with van der Waals surface area (Å²) >= 11 is 1.80. The Morgan fingerprint density at radius 1 is 1.26 bits per heavy atom. The highest BCUT2D eigenvalue weighted by atomic mass is 32.2. The lowest BCUT2D eigenvalue weighted by atomic mass is 9.89. The zero-order valence-corrected chi connectivity index (χ0v) is 11.1. The molecule has 3 N–H and O–H groups in total. The molecule has 2 rings (SSSR count). The first kappa shape index (κ1) is 14.5. The van der Waals surface area contributed by atoms with Crippen molar-refractivity contribution in [3.05, 3.63) is 29.3 Å². The molecule has 0 aromatic heterocycles. The number of aliphatic hydroxyl groups excluding tert-OH is 1. The molecule has 0 amide bonds. The maximum absolute atomic E-state index is 12.7. The predicted octanol–water partition coefficient (Wildman–Crippen LogP) is 3.46. The summed E-state index contributed by atoms with van der Waals surface area (Å²) in [5.41, 5.74) is 5.37. The van der Waals surface area contributed by atoms with Crippen molar-refractivity contribution >= 4 is 17.4 Å². The van der Waals surface area contributed by atoms with Gasteiger partial charge in [0.25, 0.3) is 0 Å². The molecule has 0 saturated carbocycles. The lowest BCUT2D eigenvalue weighted by Crippen LogP contribution is -2.20. The lowest BCUT2D eigenvalue weighted by Gasteiger charge is -2.27. The molecule has 1 atom stereocenters. The van der Waals surface area contributed by atoms with Crippen LogP contribution in [0.5, 0.6) is 0 Å². The number of anilines is 1. The fraction of sp³-hybridized carbons (Fsp3) is 0.538. The Kier molecular flexibility index (Phi) is 4.30. The number of hydrogen-bond acceptors (Lipinski definition) is 3. The second-order valence-corrected chi connectivity index (χ2v) is 5.96. The topological polar surface area (TPSA) is 46.2 Å². The van der Waals surface area contributed by atoms with E-state index in [9.17, 15) is 18.3 Å². The summed E-state index contributed by atoms with van der Waals surface area (Å²) in [6.07, 6.45) is -3.71. The molecule has 19 heavy (non-hydrogen) atoms. The number of benzene rings is 1. The molecule has 106 valence electrons. The highest BCUT2D eigenvalue weighted by Crippen LogP contribution is 2.38. The molecule has 1 saturated heterocycles. The Hall–Kier alpha value is -0.880. The molecular formula is C13H16F3NOS. The third-order valence-corrected chi connectivity index (χ3v) is 4.49. The number of hydrogen-bond donors (Lipinski definition) is 2. The summed E-state index contributed by atoms with van der Waals surface area (Å²) < 4.78 is 38.0. The molecule has 1 heterocycles. The van der Waals surface area contributed by atoms with E-state index in [1.807, 2.05) is 0 Å². The Morgan fingerprint density at radius 2 is 1.89 bits per heavy atom. The molecule has 1 aromatic rings. The smallest absolute Gasteiger partial charge is 0.398 e. The first-order chi connectivity index (χ1) is 8.89. The standard InChI is InChI=1S/C13H16F3NOS/c14-13(15,16)9-1-2-11(17)10(7-9)12(18)8-3-5-19-6-4-8/h1-2,7-8,12,18H,3-6,17H2. The van der Waals surface area contributed by atoms with E-state index in [1.54, 1.807) is 11.8 Å². The van der Waals surface area contributed by atoms with Gasteiger partial charge in [0.2, 0.25) is 0 Å². The Labute approximate surface area is 114 Å². The molecule has 0 radical (unpaired) electrons. The van der Waals surface area contributed by atoms with E-state index in [1.165, 1.54) is 6.07 Å². The van der Waals surface area contributed by atoms with Crippen LogP contribution in [0.4, 0.5) is 18.9 Å². The molecule has 1 aliphatic heterocycles. The normalized spacial score (nSPS) is 19.4. The summed E-state index contributed by atoms with van der Waals surface area (Å²) in [5, 5.41) is 10.3. The fourth-order valence-electron chi connectivity index (χ4n) is 2.29. The first-order valence-corrected chi connectivity index (χ1v) is 7.27. The van der Waals surface area contributed by atoms with Gasteiger partial charge in [-0.2, -0.15) is 24.9 Å². The van der Waals surface area contributed by atoms with E-state index >= 15 is 0 Å². The quantitative estimate of drug-likeness (QED) is 0.820. The molecule has 1 unspecified atom stereocenters. The minimum atomic E-state index is -4.41. The van der Waals surface area contributed by atoms with Crippen LogP contribution in [-0.4, -0.2) is 16.6 Å². The van der Waals surface area contributed by atoms with Gasteiger partial charge in [0.05, 0.1) is 11.7 Å². The van der Waals surface area contributed by atoms with E-state index in [2.05, 4.69) is 0 Å². The summed E-state index contributed by atoms with van der Waals surface area (Å²) in [7, 11) is 0. The minimum Gasteiger partial charge on any atom is -0.398 e. The van der Waals surface area contributed by atoms with Gasteiger partial charge in [-0.25, -0.2) is 0 Å². The van der Waals surface area contributed by atoms with E-state index in [0.29, 0.717) is 0 Å². The van der Waals surface area contributed by atoms with Crippen LogP contribution in [0.25, 0.3) is 0 Å². The summed E-state index contributed by atoms with van der Waals surface area (Å²) in [4.78, 5) is 0. The van der Waals surface area contributed by atoms with Crippen LogP contribution >= 0.6 is 11.8 Å². The molecule has 0 bridgehead atoms. The zero-order chi connectivity index (χ0) is 14.0. The molecule has 1 fully saturated rings. The molecule has 0 aliphatic carbocycles. The zero-order valence-electron chi connectivity index (χ0n) is 10.3. The van der Waals surface area contributed by atoms with Crippen LogP contribution in [0.15, 0.2) is 18.2 Å². The molecule has 1 aliphatic rings. The third kappa shape index (κ3) is 3.36. The first-order valence-electron chi connectivity index (χ1n) is 6.12. The third-order valence-electron chi connectivity index (χ3n) is 3.45. The van der Waals surface area contributed by atoms with E-state index in [4.69, 9.17) is 5.73 Å². The van der Waals surface area contributed by atoms with E-state index < -0.39 is 17.8 Å². The molecule has 2 nitrogen and oxygen atoms in total. The van der Waals surface area contributed by atoms with Gasteiger partial charge in [0, 0.05) is 11.3 Å². The number of aliphatic hydroxyl groups is 1. The molecular weight excluding hydrogens is 275 g/mol. The SMILES string of the molecule is Nc1ccc(C(F)(F)F)cc1C(O)C1CCSCC1. The second kappa shape index (κ2) is 5.63. The number of thioether (sulfide) groups is 1. The van der Waals surface area contributed by atoms with Gasteiger partial charge in [0.15, 0.2) is 0 Å². The summed E-state index contributed by atoms with van der Waals surface area (Å²) in [6, 6.07) is 3.14. The van der Waals surface area contributed by atoms with Gasteiger partial charge in [-0.3, -0.25) is 0 Å². The van der Waals surface area contributed by atoms with Crippen molar-refractivity contribution in [1.82, 2.24) is 0 Å². The van der Waals surface area contributed by atoms with Crippen molar-refractivity contribution in [3.8, 4) is 0 Å².